The van der Waals surface area contributed by atoms with E-state index in [1.807, 2.05) is 13.8 Å². The first-order valence-electron chi connectivity index (χ1n) is 5.99. The Hall–Kier alpha value is -1.36. The summed E-state index contributed by atoms with van der Waals surface area (Å²) in [7, 11) is 0. The zero-order valence-corrected chi connectivity index (χ0v) is 11.1. The summed E-state index contributed by atoms with van der Waals surface area (Å²) in [6.45, 7) is 9.20. The Morgan fingerprint density at radius 3 is 2.65 bits per heavy atom. The third-order valence-corrected chi connectivity index (χ3v) is 2.97. The van der Waals surface area contributed by atoms with Crippen LogP contribution in [0.25, 0.3) is 0 Å². The van der Waals surface area contributed by atoms with Crippen molar-refractivity contribution in [3.8, 4) is 5.88 Å². The van der Waals surface area contributed by atoms with Crippen LogP contribution in [0.2, 0.25) is 0 Å². The van der Waals surface area contributed by atoms with Crippen molar-refractivity contribution in [2.45, 2.75) is 39.7 Å². The average molecular weight is 238 g/mol. The third kappa shape index (κ3) is 3.30. The van der Waals surface area contributed by atoms with E-state index in [2.05, 4.69) is 29.1 Å². The summed E-state index contributed by atoms with van der Waals surface area (Å²) < 4.78 is 5.44. The maximum Gasteiger partial charge on any atom is 0.221 e. The second kappa shape index (κ2) is 5.82. The van der Waals surface area contributed by atoms with E-state index in [9.17, 15) is 0 Å². The van der Waals surface area contributed by atoms with Gasteiger partial charge in [0.15, 0.2) is 0 Å². The van der Waals surface area contributed by atoms with Gasteiger partial charge < -0.3 is 15.8 Å². The van der Waals surface area contributed by atoms with Crippen molar-refractivity contribution in [3.05, 3.63) is 11.9 Å². The summed E-state index contributed by atoms with van der Waals surface area (Å²) in [6, 6.07) is 0. The van der Waals surface area contributed by atoms with E-state index in [0.717, 1.165) is 17.8 Å². The molecule has 0 aliphatic carbocycles. The standard InChI is InChI=1S/C12H22N4O/c1-5-12(4,7-13)16-10-9(3)11(17-6-2)15-8-14-10/h8H,5-7,13H2,1-4H3,(H,14,15,16). The lowest BCUT2D eigenvalue weighted by atomic mass is 9.99. The van der Waals surface area contributed by atoms with Crippen LogP contribution in [0.4, 0.5) is 5.82 Å². The van der Waals surface area contributed by atoms with Crippen molar-refractivity contribution in [1.29, 1.82) is 0 Å². The van der Waals surface area contributed by atoms with Gasteiger partial charge in [-0.2, -0.15) is 0 Å². The Balaban J connectivity index is 2.95. The number of nitrogens with zero attached hydrogens (tertiary/aromatic N) is 2. The smallest absolute Gasteiger partial charge is 0.221 e. The molecule has 17 heavy (non-hydrogen) atoms. The van der Waals surface area contributed by atoms with Gasteiger partial charge in [-0.05, 0) is 27.2 Å². The Kier molecular flexibility index (Phi) is 4.69. The molecule has 1 aromatic heterocycles. The highest BCUT2D eigenvalue weighted by atomic mass is 16.5. The molecule has 0 saturated heterocycles. The number of anilines is 1. The Bertz CT molecular complexity index is 364. The van der Waals surface area contributed by atoms with Crippen LogP contribution >= 0.6 is 0 Å². The van der Waals surface area contributed by atoms with Crippen molar-refractivity contribution in [1.82, 2.24) is 9.97 Å². The fourth-order valence-electron chi connectivity index (χ4n) is 1.41. The second-order valence-electron chi connectivity index (χ2n) is 4.33. The molecule has 0 radical (unpaired) electrons. The van der Waals surface area contributed by atoms with Crippen LogP contribution in [0.5, 0.6) is 5.88 Å². The lowest BCUT2D eigenvalue weighted by Crippen LogP contribution is -2.42. The fraction of sp³-hybridized carbons (Fsp3) is 0.667. The molecule has 5 nitrogen and oxygen atoms in total. The normalized spacial score (nSPS) is 14.2. The van der Waals surface area contributed by atoms with Crippen LogP contribution in [0.3, 0.4) is 0 Å². The average Bonchev–Trinajstić information content (AvgIpc) is 2.34. The molecule has 0 bridgehead atoms. The SMILES string of the molecule is CCOc1ncnc(NC(C)(CC)CN)c1C. The van der Waals surface area contributed by atoms with Crippen LogP contribution < -0.4 is 15.8 Å². The van der Waals surface area contributed by atoms with E-state index in [4.69, 9.17) is 10.5 Å². The molecule has 0 aliphatic heterocycles. The molecule has 0 aliphatic rings. The van der Waals surface area contributed by atoms with Crippen LogP contribution in [0.15, 0.2) is 6.33 Å². The minimum atomic E-state index is -0.150. The molecule has 3 N–H and O–H groups in total. The van der Waals surface area contributed by atoms with E-state index in [0.29, 0.717) is 19.0 Å². The Labute approximate surface area is 103 Å². The van der Waals surface area contributed by atoms with E-state index >= 15 is 0 Å². The van der Waals surface area contributed by atoms with Crippen LogP contribution in [-0.4, -0.2) is 28.7 Å². The zero-order valence-electron chi connectivity index (χ0n) is 11.1. The number of rotatable bonds is 6. The number of nitrogens with two attached hydrogens (primary N) is 1. The molecular formula is C12H22N4O. The minimum absolute atomic E-state index is 0.150. The largest absolute Gasteiger partial charge is 0.478 e. The van der Waals surface area contributed by atoms with Crippen molar-refractivity contribution >= 4 is 5.82 Å². The van der Waals surface area contributed by atoms with Gasteiger partial charge in [-0.1, -0.05) is 6.92 Å². The van der Waals surface area contributed by atoms with Crippen molar-refractivity contribution in [3.63, 3.8) is 0 Å². The van der Waals surface area contributed by atoms with Gasteiger partial charge >= 0.3 is 0 Å². The summed E-state index contributed by atoms with van der Waals surface area (Å²) >= 11 is 0. The topological polar surface area (TPSA) is 73.1 Å². The van der Waals surface area contributed by atoms with Gasteiger partial charge in [0.25, 0.3) is 0 Å². The van der Waals surface area contributed by atoms with Crippen LogP contribution in [0, 0.1) is 6.92 Å². The van der Waals surface area contributed by atoms with Gasteiger partial charge in [-0.3, -0.25) is 0 Å². The van der Waals surface area contributed by atoms with Gasteiger partial charge in [-0.25, -0.2) is 9.97 Å². The van der Waals surface area contributed by atoms with Gasteiger partial charge in [0, 0.05) is 12.1 Å². The molecule has 1 rings (SSSR count). The van der Waals surface area contributed by atoms with E-state index in [1.54, 1.807) is 0 Å². The molecule has 1 heterocycles. The molecule has 0 spiro atoms. The van der Waals surface area contributed by atoms with E-state index in [1.165, 1.54) is 6.33 Å². The van der Waals surface area contributed by atoms with E-state index < -0.39 is 0 Å². The molecule has 1 unspecified atom stereocenters. The summed E-state index contributed by atoms with van der Waals surface area (Å²) in [5.41, 5.74) is 6.54. The molecule has 96 valence electrons. The summed E-state index contributed by atoms with van der Waals surface area (Å²) in [5, 5.41) is 3.37. The molecular weight excluding hydrogens is 216 g/mol. The predicted octanol–water partition coefficient (Wildman–Crippen LogP) is 1.72. The number of nitrogens with one attached hydrogen (secondary N) is 1. The molecule has 0 saturated carbocycles. The van der Waals surface area contributed by atoms with Crippen molar-refractivity contribution in [2.75, 3.05) is 18.5 Å². The number of hydrogen-bond acceptors (Lipinski definition) is 5. The summed E-state index contributed by atoms with van der Waals surface area (Å²) in [4.78, 5) is 8.35. The molecule has 0 amide bonds. The lowest BCUT2D eigenvalue weighted by Gasteiger charge is -2.29. The maximum absolute atomic E-state index is 5.78. The third-order valence-electron chi connectivity index (χ3n) is 2.97. The minimum Gasteiger partial charge on any atom is -0.478 e. The highest BCUT2D eigenvalue weighted by molar-refractivity contribution is 5.49. The number of hydrogen-bond donors (Lipinski definition) is 2. The first kappa shape index (κ1) is 13.7. The van der Waals surface area contributed by atoms with Crippen LogP contribution in [-0.2, 0) is 0 Å². The molecule has 1 aromatic rings. The predicted molar refractivity (Wildman–Crippen MR) is 69.3 cm³/mol. The molecule has 5 heteroatoms. The molecule has 0 fully saturated rings. The first-order valence-corrected chi connectivity index (χ1v) is 5.99. The molecule has 1 atom stereocenters. The maximum atomic E-state index is 5.78. The Morgan fingerprint density at radius 1 is 1.41 bits per heavy atom. The van der Waals surface area contributed by atoms with Crippen molar-refractivity contribution < 1.29 is 4.74 Å². The quantitative estimate of drug-likeness (QED) is 0.789. The lowest BCUT2D eigenvalue weighted by molar-refractivity contribution is 0.323. The van der Waals surface area contributed by atoms with E-state index in [-0.39, 0.29) is 5.54 Å². The van der Waals surface area contributed by atoms with Gasteiger partial charge in [0.05, 0.1) is 12.2 Å². The van der Waals surface area contributed by atoms with Gasteiger partial charge in [0.1, 0.15) is 12.1 Å². The zero-order chi connectivity index (χ0) is 12.9. The second-order valence-corrected chi connectivity index (χ2v) is 4.33. The Morgan fingerprint density at radius 2 is 2.12 bits per heavy atom. The van der Waals surface area contributed by atoms with Crippen LogP contribution in [0.1, 0.15) is 32.8 Å². The summed E-state index contributed by atoms with van der Waals surface area (Å²) in [5.74, 6) is 1.42. The first-order chi connectivity index (χ1) is 8.06. The monoisotopic (exact) mass is 238 g/mol. The van der Waals surface area contributed by atoms with Gasteiger partial charge in [-0.15, -0.1) is 0 Å². The highest BCUT2D eigenvalue weighted by Gasteiger charge is 2.21. The number of aromatic nitrogens is 2. The highest BCUT2D eigenvalue weighted by Crippen LogP contribution is 2.24. The van der Waals surface area contributed by atoms with Crippen molar-refractivity contribution in [2.24, 2.45) is 5.73 Å². The number of ether oxygens (including phenoxy) is 1. The van der Waals surface area contributed by atoms with Gasteiger partial charge in [0.2, 0.25) is 5.88 Å². The molecule has 0 aromatic carbocycles. The summed E-state index contributed by atoms with van der Waals surface area (Å²) in [6.07, 6.45) is 2.43. The fourth-order valence-corrected chi connectivity index (χ4v) is 1.41.